The number of rotatable bonds is 3. The summed E-state index contributed by atoms with van der Waals surface area (Å²) in [7, 11) is -3.27. The van der Waals surface area contributed by atoms with Crippen LogP contribution in [-0.4, -0.2) is 33.9 Å². The SMILES string of the molecule is CC1(CNC2CCS(=O)(=O)c3ccc(F)cc32)COC1. The standard InChI is InChI=1S/C14H18FNO3S/c1-14(8-19-9-14)7-16-12-4-5-20(17,18)13-3-2-10(15)6-11(12)13/h2-3,6,12,16H,4-5,7-9H2,1H3. The van der Waals surface area contributed by atoms with Crippen LogP contribution < -0.4 is 5.32 Å². The van der Waals surface area contributed by atoms with Crippen molar-refractivity contribution in [2.75, 3.05) is 25.5 Å². The van der Waals surface area contributed by atoms with Crippen molar-refractivity contribution in [2.45, 2.75) is 24.3 Å². The van der Waals surface area contributed by atoms with Gasteiger partial charge in [-0.2, -0.15) is 0 Å². The van der Waals surface area contributed by atoms with Crippen LogP contribution >= 0.6 is 0 Å². The maximum atomic E-state index is 13.4. The first-order chi connectivity index (χ1) is 9.40. The summed E-state index contributed by atoms with van der Waals surface area (Å²) in [5.41, 5.74) is 0.657. The van der Waals surface area contributed by atoms with E-state index >= 15 is 0 Å². The molecule has 1 atom stereocenters. The minimum absolute atomic E-state index is 0.101. The molecule has 1 aromatic carbocycles. The minimum atomic E-state index is -3.27. The number of nitrogens with one attached hydrogen (secondary N) is 1. The Morgan fingerprint density at radius 1 is 1.45 bits per heavy atom. The van der Waals surface area contributed by atoms with Crippen LogP contribution in [0.25, 0.3) is 0 Å². The number of fused-ring (bicyclic) bond motifs is 1. The van der Waals surface area contributed by atoms with Crippen molar-refractivity contribution in [3.05, 3.63) is 29.6 Å². The molecule has 6 heteroatoms. The molecule has 2 aliphatic heterocycles. The van der Waals surface area contributed by atoms with Crippen molar-refractivity contribution in [2.24, 2.45) is 5.41 Å². The predicted octanol–water partition coefficient (Wildman–Crippen LogP) is 1.67. The average molecular weight is 299 g/mol. The topological polar surface area (TPSA) is 55.4 Å². The Balaban J connectivity index is 1.85. The van der Waals surface area contributed by atoms with Crippen LogP contribution in [-0.2, 0) is 14.6 Å². The third-order valence-corrected chi connectivity index (χ3v) is 5.85. The summed E-state index contributed by atoms with van der Waals surface area (Å²) in [6.07, 6.45) is 0.482. The smallest absolute Gasteiger partial charge is 0.178 e. The van der Waals surface area contributed by atoms with E-state index < -0.39 is 15.7 Å². The summed E-state index contributed by atoms with van der Waals surface area (Å²) in [6.45, 7) is 4.28. The van der Waals surface area contributed by atoms with E-state index in [0.29, 0.717) is 25.2 Å². The van der Waals surface area contributed by atoms with E-state index in [1.54, 1.807) is 0 Å². The highest BCUT2D eigenvalue weighted by molar-refractivity contribution is 7.91. The molecule has 0 saturated carbocycles. The third-order valence-electron chi connectivity index (χ3n) is 4.03. The summed E-state index contributed by atoms with van der Waals surface area (Å²) in [6, 6.07) is 3.81. The number of benzene rings is 1. The lowest BCUT2D eigenvalue weighted by atomic mass is 9.88. The molecule has 1 aromatic rings. The lowest BCUT2D eigenvalue weighted by Crippen LogP contribution is -2.48. The summed E-state index contributed by atoms with van der Waals surface area (Å²) in [5.74, 6) is -0.290. The zero-order valence-corrected chi connectivity index (χ0v) is 12.2. The van der Waals surface area contributed by atoms with Crippen LogP contribution in [0.5, 0.6) is 0 Å². The van der Waals surface area contributed by atoms with Crippen molar-refractivity contribution in [1.82, 2.24) is 5.32 Å². The molecule has 0 aliphatic carbocycles. The van der Waals surface area contributed by atoms with Crippen LogP contribution in [0, 0.1) is 11.2 Å². The normalized spacial score (nSPS) is 26.6. The maximum Gasteiger partial charge on any atom is 0.178 e. The Bertz CT molecular complexity index is 625. The second kappa shape index (κ2) is 4.79. The Kier molecular flexibility index (Phi) is 3.35. The van der Waals surface area contributed by atoms with Gasteiger partial charge >= 0.3 is 0 Å². The van der Waals surface area contributed by atoms with Gasteiger partial charge in [-0.05, 0) is 30.2 Å². The zero-order chi connectivity index (χ0) is 14.4. The van der Waals surface area contributed by atoms with Crippen LogP contribution in [0.3, 0.4) is 0 Å². The Morgan fingerprint density at radius 2 is 2.20 bits per heavy atom. The highest BCUT2D eigenvalue weighted by Gasteiger charge is 2.36. The Hall–Kier alpha value is -0.980. The van der Waals surface area contributed by atoms with E-state index in [-0.39, 0.29) is 22.1 Å². The van der Waals surface area contributed by atoms with Crippen molar-refractivity contribution in [3.63, 3.8) is 0 Å². The first-order valence-corrected chi connectivity index (χ1v) is 8.38. The molecule has 0 radical (unpaired) electrons. The van der Waals surface area contributed by atoms with Crippen molar-refractivity contribution in [3.8, 4) is 0 Å². The Morgan fingerprint density at radius 3 is 2.85 bits per heavy atom. The molecule has 110 valence electrons. The first kappa shape index (κ1) is 14.0. The van der Waals surface area contributed by atoms with E-state index in [2.05, 4.69) is 12.2 Å². The molecule has 3 rings (SSSR count). The Labute approximate surface area is 118 Å². The van der Waals surface area contributed by atoms with Crippen molar-refractivity contribution in [1.29, 1.82) is 0 Å². The lowest BCUT2D eigenvalue weighted by molar-refractivity contribution is -0.100. The van der Waals surface area contributed by atoms with E-state index in [9.17, 15) is 12.8 Å². The quantitative estimate of drug-likeness (QED) is 0.863. The second-order valence-corrected chi connectivity index (χ2v) is 8.10. The molecule has 0 amide bonds. The minimum Gasteiger partial charge on any atom is -0.380 e. The molecule has 1 fully saturated rings. The van der Waals surface area contributed by atoms with Gasteiger partial charge in [-0.1, -0.05) is 6.92 Å². The molecule has 1 saturated heterocycles. The van der Waals surface area contributed by atoms with Crippen molar-refractivity contribution >= 4 is 9.84 Å². The molecule has 20 heavy (non-hydrogen) atoms. The zero-order valence-electron chi connectivity index (χ0n) is 11.4. The highest BCUT2D eigenvalue weighted by Crippen LogP contribution is 2.34. The van der Waals surface area contributed by atoms with Gasteiger partial charge in [0.2, 0.25) is 0 Å². The maximum absolute atomic E-state index is 13.4. The van der Waals surface area contributed by atoms with Gasteiger partial charge in [0.1, 0.15) is 5.82 Å². The first-order valence-electron chi connectivity index (χ1n) is 6.73. The molecule has 1 N–H and O–H groups in total. The number of sulfone groups is 1. The third kappa shape index (κ3) is 2.47. The summed E-state index contributed by atoms with van der Waals surface area (Å²) >= 11 is 0. The van der Waals surface area contributed by atoms with Gasteiger partial charge in [0.25, 0.3) is 0 Å². The second-order valence-electron chi connectivity index (χ2n) is 6.03. The van der Waals surface area contributed by atoms with Gasteiger partial charge in [0.05, 0.1) is 23.9 Å². The fourth-order valence-electron chi connectivity index (χ4n) is 2.75. The average Bonchev–Trinajstić information content (AvgIpc) is 2.35. The number of hydrogen-bond acceptors (Lipinski definition) is 4. The van der Waals surface area contributed by atoms with Crippen LogP contribution in [0.1, 0.15) is 24.9 Å². The number of ether oxygens (including phenoxy) is 1. The van der Waals surface area contributed by atoms with Gasteiger partial charge in [-0.3, -0.25) is 0 Å². The molecule has 0 aromatic heterocycles. The molecule has 2 aliphatic rings. The molecule has 2 heterocycles. The van der Waals surface area contributed by atoms with Gasteiger partial charge in [-0.25, -0.2) is 12.8 Å². The summed E-state index contributed by atoms with van der Waals surface area (Å²) in [5, 5.41) is 3.37. The summed E-state index contributed by atoms with van der Waals surface area (Å²) < 4.78 is 42.7. The van der Waals surface area contributed by atoms with Gasteiger partial charge < -0.3 is 10.1 Å². The number of halogens is 1. The fraction of sp³-hybridized carbons (Fsp3) is 0.571. The molecule has 0 spiro atoms. The van der Waals surface area contributed by atoms with Crippen LogP contribution in [0.15, 0.2) is 23.1 Å². The van der Waals surface area contributed by atoms with Crippen LogP contribution in [0.4, 0.5) is 4.39 Å². The van der Waals surface area contributed by atoms with E-state index in [4.69, 9.17) is 4.74 Å². The largest absolute Gasteiger partial charge is 0.380 e. The monoisotopic (exact) mass is 299 g/mol. The van der Waals surface area contributed by atoms with Gasteiger partial charge in [0.15, 0.2) is 9.84 Å². The molecular weight excluding hydrogens is 281 g/mol. The highest BCUT2D eigenvalue weighted by atomic mass is 32.2. The molecule has 0 bridgehead atoms. The number of hydrogen-bond donors (Lipinski definition) is 1. The van der Waals surface area contributed by atoms with E-state index in [0.717, 1.165) is 6.54 Å². The van der Waals surface area contributed by atoms with E-state index in [1.165, 1.54) is 18.2 Å². The fourth-order valence-corrected chi connectivity index (χ4v) is 4.35. The molecule has 1 unspecified atom stereocenters. The van der Waals surface area contributed by atoms with Crippen molar-refractivity contribution < 1.29 is 17.5 Å². The van der Waals surface area contributed by atoms with E-state index in [1.807, 2.05) is 0 Å². The summed E-state index contributed by atoms with van der Waals surface area (Å²) in [4.78, 5) is 0.262. The molecular formula is C14H18FNO3S. The van der Waals surface area contributed by atoms with Gasteiger partial charge in [-0.15, -0.1) is 0 Å². The lowest BCUT2D eigenvalue weighted by Gasteiger charge is -2.40. The molecule has 4 nitrogen and oxygen atoms in total. The van der Waals surface area contributed by atoms with Crippen LogP contribution in [0.2, 0.25) is 0 Å². The van der Waals surface area contributed by atoms with Gasteiger partial charge in [0, 0.05) is 18.0 Å². The predicted molar refractivity (Wildman–Crippen MR) is 72.7 cm³/mol.